The van der Waals surface area contributed by atoms with Gasteiger partial charge in [-0.3, -0.25) is 9.69 Å². The molecule has 0 radical (unpaired) electrons. The highest BCUT2D eigenvalue weighted by atomic mass is 16.1. The summed E-state index contributed by atoms with van der Waals surface area (Å²) in [6, 6.07) is -0.0502. The molecule has 1 heterocycles. The molecule has 0 bridgehead atoms. The fourth-order valence-electron chi connectivity index (χ4n) is 1.57. The molecule has 1 unspecified atom stereocenters. The van der Waals surface area contributed by atoms with Crippen molar-refractivity contribution >= 4 is 5.91 Å². The molecule has 0 aromatic carbocycles. The van der Waals surface area contributed by atoms with Crippen LogP contribution in [0.25, 0.3) is 0 Å². The minimum atomic E-state index is -0.209. The van der Waals surface area contributed by atoms with Gasteiger partial charge in [-0.2, -0.15) is 0 Å². The molecule has 76 valence electrons. The summed E-state index contributed by atoms with van der Waals surface area (Å²) in [4.78, 5) is 13.0. The Bertz CT molecular complexity index is 203. The summed E-state index contributed by atoms with van der Waals surface area (Å²) in [5, 5.41) is 0. The Kier molecular flexibility index (Phi) is 2.93. The zero-order valence-corrected chi connectivity index (χ0v) is 8.42. The van der Waals surface area contributed by atoms with Crippen LogP contribution in [0.5, 0.6) is 0 Å². The van der Waals surface area contributed by atoms with Crippen LogP contribution in [0.15, 0.2) is 0 Å². The number of hydrogen-bond acceptors (Lipinski definition) is 3. The molecule has 1 saturated heterocycles. The summed E-state index contributed by atoms with van der Waals surface area (Å²) in [6.45, 7) is 6.66. The van der Waals surface area contributed by atoms with Gasteiger partial charge in [-0.1, -0.05) is 13.8 Å². The molecular formula is C9H19N3O. The van der Waals surface area contributed by atoms with E-state index in [9.17, 15) is 4.79 Å². The molecule has 1 aliphatic rings. The fourth-order valence-corrected chi connectivity index (χ4v) is 1.57. The molecule has 0 aliphatic carbocycles. The number of primary amides is 1. The van der Waals surface area contributed by atoms with Crippen molar-refractivity contribution in [2.24, 2.45) is 16.9 Å². The Morgan fingerprint density at radius 2 is 2.23 bits per heavy atom. The third-order valence-electron chi connectivity index (χ3n) is 2.64. The summed E-state index contributed by atoms with van der Waals surface area (Å²) in [5.74, 6) is -0.209. The second-order valence-electron chi connectivity index (χ2n) is 4.55. The quantitative estimate of drug-likeness (QED) is 0.622. The van der Waals surface area contributed by atoms with Crippen molar-refractivity contribution in [3.63, 3.8) is 0 Å². The summed E-state index contributed by atoms with van der Waals surface area (Å²) >= 11 is 0. The summed E-state index contributed by atoms with van der Waals surface area (Å²) in [6.07, 6.45) is 0.899. The van der Waals surface area contributed by atoms with Crippen LogP contribution in [-0.4, -0.2) is 36.5 Å². The fraction of sp³-hybridized carbons (Fsp3) is 0.889. The van der Waals surface area contributed by atoms with E-state index in [0.29, 0.717) is 6.54 Å². The third-order valence-corrected chi connectivity index (χ3v) is 2.64. The van der Waals surface area contributed by atoms with E-state index < -0.39 is 0 Å². The van der Waals surface area contributed by atoms with Gasteiger partial charge in [0.25, 0.3) is 0 Å². The van der Waals surface area contributed by atoms with Crippen molar-refractivity contribution in [2.45, 2.75) is 26.3 Å². The average molecular weight is 185 g/mol. The van der Waals surface area contributed by atoms with Crippen molar-refractivity contribution in [3.8, 4) is 0 Å². The molecule has 13 heavy (non-hydrogen) atoms. The van der Waals surface area contributed by atoms with E-state index >= 15 is 0 Å². The van der Waals surface area contributed by atoms with Crippen LogP contribution in [0.4, 0.5) is 0 Å². The molecule has 4 heteroatoms. The Hall–Kier alpha value is -0.610. The number of amides is 1. The van der Waals surface area contributed by atoms with E-state index in [2.05, 4.69) is 18.7 Å². The molecule has 4 nitrogen and oxygen atoms in total. The van der Waals surface area contributed by atoms with Gasteiger partial charge in [-0.05, 0) is 18.4 Å². The number of rotatable bonds is 4. The molecule has 0 spiro atoms. The second kappa shape index (κ2) is 3.64. The van der Waals surface area contributed by atoms with Gasteiger partial charge in [-0.15, -0.1) is 0 Å². The van der Waals surface area contributed by atoms with E-state index in [-0.39, 0.29) is 17.4 Å². The molecule has 1 rings (SSSR count). The zero-order chi connectivity index (χ0) is 10.1. The number of carbonyl (C=O) groups is 1. The first kappa shape index (κ1) is 10.5. The van der Waals surface area contributed by atoms with Crippen LogP contribution in [0.2, 0.25) is 0 Å². The molecule has 0 saturated carbocycles. The molecule has 0 aromatic rings. The summed E-state index contributed by atoms with van der Waals surface area (Å²) in [7, 11) is 0. The highest BCUT2D eigenvalue weighted by Gasteiger charge is 2.35. The van der Waals surface area contributed by atoms with E-state index in [1.165, 1.54) is 0 Å². The Morgan fingerprint density at radius 1 is 1.62 bits per heavy atom. The molecule has 1 atom stereocenters. The summed E-state index contributed by atoms with van der Waals surface area (Å²) < 4.78 is 0. The van der Waals surface area contributed by atoms with Crippen LogP contribution in [0.3, 0.4) is 0 Å². The van der Waals surface area contributed by atoms with Crippen LogP contribution in [-0.2, 0) is 4.79 Å². The van der Waals surface area contributed by atoms with Crippen LogP contribution in [0, 0.1) is 5.41 Å². The largest absolute Gasteiger partial charge is 0.368 e. The maximum Gasteiger partial charge on any atom is 0.234 e. The van der Waals surface area contributed by atoms with Gasteiger partial charge in [0.15, 0.2) is 0 Å². The molecular weight excluding hydrogens is 166 g/mol. The second-order valence-corrected chi connectivity index (χ2v) is 4.55. The molecule has 1 amide bonds. The minimum absolute atomic E-state index is 0.0502. The van der Waals surface area contributed by atoms with Crippen molar-refractivity contribution < 1.29 is 4.79 Å². The lowest BCUT2D eigenvalue weighted by atomic mass is 9.89. The van der Waals surface area contributed by atoms with E-state index in [4.69, 9.17) is 11.5 Å². The highest BCUT2D eigenvalue weighted by molar-refractivity contribution is 5.80. The van der Waals surface area contributed by atoms with Crippen LogP contribution < -0.4 is 11.5 Å². The van der Waals surface area contributed by atoms with Crippen molar-refractivity contribution in [1.29, 1.82) is 0 Å². The number of likely N-dealkylation sites (tertiary alicyclic amines) is 1. The number of hydrogen-bond donors (Lipinski definition) is 2. The molecule has 1 aliphatic heterocycles. The maximum absolute atomic E-state index is 10.9. The standard InChI is InChI=1S/C9H19N3O/c1-9(2,5-10)6-12-4-3-7(12)8(11)13/h7H,3-6,10H2,1-2H3,(H2,11,13). The Labute approximate surface area is 79.3 Å². The van der Waals surface area contributed by atoms with E-state index in [1.807, 2.05) is 0 Å². The molecule has 0 aromatic heterocycles. The molecule has 4 N–H and O–H groups in total. The smallest absolute Gasteiger partial charge is 0.234 e. The Morgan fingerprint density at radius 3 is 2.54 bits per heavy atom. The predicted molar refractivity (Wildman–Crippen MR) is 52.0 cm³/mol. The van der Waals surface area contributed by atoms with Gasteiger partial charge in [-0.25, -0.2) is 0 Å². The van der Waals surface area contributed by atoms with Gasteiger partial charge in [0.05, 0.1) is 6.04 Å². The van der Waals surface area contributed by atoms with Crippen LogP contribution >= 0.6 is 0 Å². The first-order chi connectivity index (χ1) is 5.96. The van der Waals surface area contributed by atoms with Crippen molar-refractivity contribution in [2.75, 3.05) is 19.6 Å². The van der Waals surface area contributed by atoms with Gasteiger partial charge in [0.2, 0.25) is 5.91 Å². The van der Waals surface area contributed by atoms with E-state index in [0.717, 1.165) is 19.5 Å². The highest BCUT2D eigenvalue weighted by Crippen LogP contribution is 2.23. The number of carbonyl (C=O) groups excluding carboxylic acids is 1. The van der Waals surface area contributed by atoms with E-state index in [1.54, 1.807) is 0 Å². The lowest BCUT2D eigenvalue weighted by molar-refractivity contribution is -0.128. The van der Waals surface area contributed by atoms with Gasteiger partial charge in [0, 0.05) is 13.1 Å². The monoisotopic (exact) mass is 185 g/mol. The van der Waals surface area contributed by atoms with Crippen LogP contribution in [0.1, 0.15) is 20.3 Å². The van der Waals surface area contributed by atoms with Gasteiger partial charge < -0.3 is 11.5 Å². The lowest BCUT2D eigenvalue weighted by Gasteiger charge is -2.43. The Balaban J connectivity index is 2.42. The SMILES string of the molecule is CC(C)(CN)CN1CCC1C(N)=O. The first-order valence-corrected chi connectivity index (χ1v) is 4.70. The summed E-state index contributed by atoms with van der Waals surface area (Å²) in [5.41, 5.74) is 10.9. The maximum atomic E-state index is 10.9. The lowest BCUT2D eigenvalue weighted by Crippen LogP contribution is -2.57. The first-order valence-electron chi connectivity index (χ1n) is 4.70. The molecule has 1 fully saturated rings. The zero-order valence-electron chi connectivity index (χ0n) is 8.42. The minimum Gasteiger partial charge on any atom is -0.368 e. The topological polar surface area (TPSA) is 72.3 Å². The average Bonchev–Trinajstić information content (AvgIpc) is 1.97. The number of nitrogens with zero attached hydrogens (tertiary/aromatic N) is 1. The third kappa shape index (κ3) is 2.42. The van der Waals surface area contributed by atoms with Crippen molar-refractivity contribution in [1.82, 2.24) is 4.90 Å². The van der Waals surface area contributed by atoms with Gasteiger partial charge >= 0.3 is 0 Å². The van der Waals surface area contributed by atoms with Crippen molar-refractivity contribution in [3.05, 3.63) is 0 Å². The number of nitrogens with two attached hydrogens (primary N) is 2. The van der Waals surface area contributed by atoms with Gasteiger partial charge in [0.1, 0.15) is 0 Å². The normalized spacial score (nSPS) is 24.1. The predicted octanol–water partition coefficient (Wildman–Crippen LogP) is -0.469.